The van der Waals surface area contributed by atoms with Gasteiger partial charge < -0.3 is 10.1 Å². The highest BCUT2D eigenvalue weighted by atomic mass is 19.1. The van der Waals surface area contributed by atoms with E-state index >= 15 is 0 Å². The topological polar surface area (TPSA) is 69.0 Å². The van der Waals surface area contributed by atoms with E-state index in [1.54, 1.807) is 16.8 Å². The minimum Gasteiger partial charge on any atom is -0.365 e. The van der Waals surface area contributed by atoms with Gasteiger partial charge in [-0.2, -0.15) is 0 Å². The summed E-state index contributed by atoms with van der Waals surface area (Å²) in [4.78, 5) is 12.1. The average Bonchev–Trinajstić information content (AvgIpc) is 2.99. The maximum atomic E-state index is 13.0. The van der Waals surface area contributed by atoms with Gasteiger partial charge in [0.15, 0.2) is 5.69 Å². The summed E-state index contributed by atoms with van der Waals surface area (Å²) < 4.78 is 20.5. The SMILES string of the molecule is CCCCNC(=O)c1nnn2c1CO[C@@H](c1ccc(F)cc1)C2. The lowest BCUT2D eigenvalue weighted by Gasteiger charge is -2.24. The normalized spacial score (nSPS) is 16.9. The van der Waals surface area contributed by atoms with Gasteiger partial charge in [0, 0.05) is 6.54 Å². The Morgan fingerprint density at radius 1 is 1.43 bits per heavy atom. The number of unbranched alkanes of at least 4 members (excludes halogenated alkanes) is 1. The van der Waals surface area contributed by atoms with Gasteiger partial charge in [-0.25, -0.2) is 9.07 Å². The van der Waals surface area contributed by atoms with Crippen LogP contribution in [-0.4, -0.2) is 27.4 Å². The van der Waals surface area contributed by atoms with Crippen LogP contribution in [0.4, 0.5) is 4.39 Å². The van der Waals surface area contributed by atoms with Crippen molar-refractivity contribution in [2.24, 2.45) is 0 Å². The van der Waals surface area contributed by atoms with Crippen LogP contribution in [0.5, 0.6) is 0 Å². The molecular formula is C16H19FN4O2. The van der Waals surface area contributed by atoms with Crippen molar-refractivity contribution in [2.75, 3.05) is 6.54 Å². The van der Waals surface area contributed by atoms with E-state index in [1.807, 2.05) is 0 Å². The second-order valence-electron chi connectivity index (χ2n) is 5.53. The van der Waals surface area contributed by atoms with Gasteiger partial charge in [0.1, 0.15) is 11.9 Å². The number of halogens is 1. The first kappa shape index (κ1) is 15.6. The van der Waals surface area contributed by atoms with Gasteiger partial charge >= 0.3 is 0 Å². The van der Waals surface area contributed by atoms with E-state index in [-0.39, 0.29) is 24.4 Å². The minimum atomic E-state index is -0.281. The highest BCUT2D eigenvalue weighted by Gasteiger charge is 2.27. The summed E-state index contributed by atoms with van der Waals surface area (Å²) in [5, 5.41) is 10.9. The molecule has 1 aliphatic heterocycles. The Bertz CT molecular complexity index is 684. The third-order valence-corrected chi connectivity index (χ3v) is 3.87. The number of amides is 1. The summed E-state index contributed by atoms with van der Waals surface area (Å²) in [6.45, 7) is 3.40. The number of benzene rings is 1. The molecule has 1 aliphatic rings. The van der Waals surface area contributed by atoms with Crippen LogP contribution in [0.1, 0.15) is 47.6 Å². The van der Waals surface area contributed by atoms with Gasteiger partial charge in [-0.05, 0) is 24.1 Å². The number of aromatic nitrogens is 3. The fraction of sp³-hybridized carbons (Fsp3) is 0.438. The van der Waals surface area contributed by atoms with Crippen molar-refractivity contribution in [3.63, 3.8) is 0 Å². The molecular weight excluding hydrogens is 299 g/mol. The van der Waals surface area contributed by atoms with E-state index < -0.39 is 0 Å². The van der Waals surface area contributed by atoms with Crippen molar-refractivity contribution >= 4 is 5.91 Å². The van der Waals surface area contributed by atoms with Crippen LogP contribution in [0.2, 0.25) is 0 Å². The molecule has 0 saturated heterocycles. The Morgan fingerprint density at radius 3 is 2.96 bits per heavy atom. The first-order valence-electron chi connectivity index (χ1n) is 7.76. The highest BCUT2D eigenvalue weighted by Crippen LogP contribution is 2.26. The van der Waals surface area contributed by atoms with Gasteiger partial charge in [-0.1, -0.05) is 30.7 Å². The van der Waals surface area contributed by atoms with Crippen LogP contribution < -0.4 is 5.32 Å². The average molecular weight is 318 g/mol. The van der Waals surface area contributed by atoms with E-state index in [0.29, 0.717) is 24.5 Å². The zero-order chi connectivity index (χ0) is 16.2. The third kappa shape index (κ3) is 3.39. The minimum absolute atomic E-state index is 0.219. The Balaban J connectivity index is 1.71. The Hall–Kier alpha value is -2.28. The number of nitrogens with zero attached hydrogens (tertiary/aromatic N) is 3. The van der Waals surface area contributed by atoms with Gasteiger partial charge in [0.2, 0.25) is 0 Å². The number of nitrogens with one attached hydrogen (secondary N) is 1. The molecule has 1 N–H and O–H groups in total. The smallest absolute Gasteiger partial charge is 0.273 e. The van der Waals surface area contributed by atoms with Crippen LogP contribution in [0.3, 0.4) is 0 Å². The molecule has 2 heterocycles. The molecule has 0 bridgehead atoms. The number of hydrogen-bond donors (Lipinski definition) is 1. The molecule has 1 amide bonds. The molecule has 0 saturated carbocycles. The van der Waals surface area contributed by atoms with E-state index in [0.717, 1.165) is 18.4 Å². The maximum absolute atomic E-state index is 13.0. The summed E-state index contributed by atoms with van der Waals surface area (Å²) >= 11 is 0. The van der Waals surface area contributed by atoms with Gasteiger partial charge in [-0.15, -0.1) is 5.10 Å². The Labute approximate surface area is 133 Å². The number of carbonyl (C=O) groups excluding carboxylic acids is 1. The first-order valence-corrected chi connectivity index (χ1v) is 7.76. The standard InChI is InChI=1S/C16H19FN4O2/c1-2-3-8-18-16(22)15-13-10-23-14(9-21(13)20-19-15)11-4-6-12(17)7-5-11/h4-7,14H,2-3,8-10H2,1H3,(H,18,22)/t14-/m1/s1. The summed E-state index contributed by atoms with van der Waals surface area (Å²) in [7, 11) is 0. The second kappa shape index (κ2) is 6.87. The van der Waals surface area contributed by atoms with Gasteiger partial charge in [0.05, 0.1) is 18.8 Å². The van der Waals surface area contributed by atoms with Crippen molar-refractivity contribution in [3.05, 3.63) is 47.0 Å². The molecule has 0 unspecified atom stereocenters. The van der Waals surface area contributed by atoms with Crippen LogP contribution in [0.25, 0.3) is 0 Å². The molecule has 2 aromatic rings. The monoisotopic (exact) mass is 318 g/mol. The predicted octanol–water partition coefficient (Wildman–Crippen LogP) is 2.22. The van der Waals surface area contributed by atoms with Gasteiger partial charge in [0.25, 0.3) is 5.91 Å². The molecule has 7 heteroatoms. The zero-order valence-electron chi connectivity index (χ0n) is 13.0. The summed E-state index contributed by atoms with van der Waals surface area (Å²) in [5.41, 5.74) is 1.87. The lowest BCUT2D eigenvalue weighted by atomic mass is 10.1. The van der Waals surface area contributed by atoms with Crippen LogP contribution in [-0.2, 0) is 17.9 Å². The molecule has 122 valence electrons. The van der Waals surface area contributed by atoms with Crippen molar-refractivity contribution < 1.29 is 13.9 Å². The second-order valence-corrected chi connectivity index (χ2v) is 5.53. The largest absolute Gasteiger partial charge is 0.365 e. The lowest BCUT2D eigenvalue weighted by Crippen LogP contribution is -2.28. The molecule has 1 atom stereocenters. The molecule has 0 fully saturated rings. The summed E-state index contributed by atoms with van der Waals surface area (Å²) in [5.74, 6) is -0.499. The van der Waals surface area contributed by atoms with E-state index in [2.05, 4.69) is 22.6 Å². The van der Waals surface area contributed by atoms with Crippen LogP contribution in [0, 0.1) is 5.82 Å². The molecule has 6 nitrogen and oxygen atoms in total. The fourth-order valence-electron chi connectivity index (χ4n) is 2.53. The summed E-state index contributed by atoms with van der Waals surface area (Å²) in [6, 6.07) is 6.20. The van der Waals surface area contributed by atoms with Crippen molar-refractivity contribution in [1.82, 2.24) is 20.3 Å². The third-order valence-electron chi connectivity index (χ3n) is 3.87. The maximum Gasteiger partial charge on any atom is 0.273 e. The number of ether oxygens (including phenoxy) is 1. The Morgan fingerprint density at radius 2 is 2.22 bits per heavy atom. The molecule has 0 aliphatic carbocycles. The van der Waals surface area contributed by atoms with Crippen LogP contribution >= 0.6 is 0 Å². The molecule has 3 rings (SSSR count). The molecule has 23 heavy (non-hydrogen) atoms. The van der Waals surface area contributed by atoms with E-state index in [4.69, 9.17) is 4.74 Å². The van der Waals surface area contributed by atoms with Crippen molar-refractivity contribution in [1.29, 1.82) is 0 Å². The quantitative estimate of drug-likeness (QED) is 0.858. The lowest BCUT2D eigenvalue weighted by molar-refractivity contribution is -0.00180. The molecule has 1 aromatic carbocycles. The van der Waals surface area contributed by atoms with Crippen molar-refractivity contribution in [2.45, 2.75) is 39.0 Å². The summed E-state index contributed by atoms with van der Waals surface area (Å²) in [6.07, 6.45) is 1.72. The van der Waals surface area contributed by atoms with Crippen molar-refractivity contribution in [3.8, 4) is 0 Å². The predicted molar refractivity (Wildman–Crippen MR) is 81.2 cm³/mol. The van der Waals surface area contributed by atoms with Gasteiger partial charge in [-0.3, -0.25) is 4.79 Å². The fourth-order valence-corrected chi connectivity index (χ4v) is 2.53. The number of fused-ring (bicyclic) bond motifs is 1. The van der Waals surface area contributed by atoms with E-state index in [1.165, 1.54) is 12.1 Å². The zero-order valence-corrected chi connectivity index (χ0v) is 13.0. The highest BCUT2D eigenvalue weighted by molar-refractivity contribution is 5.93. The number of rotatable bonds is 5. The number of hydrogen-bond acceptors (Lipinski definition) is 4. The Kier molecular flexibility index (Phi) is 4.66. The van der Waals surface area contributed by atoms with Crippen LogP contribution in [0.15, 0.2) is 24.3 Å². The molecule has 1 aromatic heterocycles. The first-order chi connectivity index (χ1) is 11.2. The molecule has 0 radical (unpaired) electrons. The van der Waals surface area contributed by atoms with E-state index in [9.17, 15) is 9.18 Å². The molecule has 0 spiro atoms. The number of carbonyl (C=O) groups is 1.